The molecule has 2 aromatic heterocycles. The van der Waals surface area contributed by atoms with Gasteiger partial charge in [0.1, 0.15) is 10.0 Å². The minimum Gasteiger partial charge on any atom is -0.366 e. The molecule has 2 rings (SSSR count). The number of anilines is 1. The summed E-state index contributed by atoms with van der Waals surface area (Å²) in [7, 11) is -3.69. The number of thiophene rings is 1. The zero-order valence-electron chi connectivity index (χ0n) is 10.5. The van der Waals surface area contributed by atoms with Gasteiger partial charge in [0.05, 0.1) is 17.1 Å². The Labute approximate surface area is 130 Å². The minimum atomic E-state index is -3.69. The average Bonchev–Trinajstić information content (AvgIpc) is 2.85. The largest absolute Gasteiger partial charge is 0.366 e. The maximum atomic E-state index is 11.2. The van der Waals surface area contributed by atoms with E-state index in [1.54, 1.807) is 6.07 Å². The summed E-state index contributed by atoms with van der Waals surface area (Å²) in [6, 6.07) is 4.48. The topological polar surface area (TPSA) is 128 Å². The molecule has 0 unspecified atom stereocenters. The third-order valence-corrected chi connectivity index (χ3v) is 5.29. The Morgan fingerprint density at radius 1 is 1.43 bits per heavy atom. The van der Waals surface area contributed by atoms with Crippen LogP contribution in [-0.2, 0) is 16.6 Å². The van der Waals surface area contributed by atoms with Crippen molar-refractivity contribution in [2.24, 2.45) is 10.9 Å². The predicted molar refractivity (Wildman–Crippen MR) is 80.8 cm³/mol. The second-order valence-electron chi connectivity index (χ2n) is 4.04. The maximum Gasteiger partial charge on any atom is 0.250 e. The maximum absolute atomic E-state index is 11.2. The van der Waals surface area contributed by atoms with Gasteiger partial charge in [-0.15, -0.1) is 11.3 Å². The van der Waals surface area contributed by atoms with Gasteiger partial charge in [-0.05, 0) is 18.2 Å². The van der Waals surface area contributed by atoms with Crippen molar-refractivity contribution >= 4 is 44.7 Å². The van der Waals surface area contributed by atoms with E-state index in [2.05, 4.69) is 10.3 Å². The zero-order chi connectivity index (χ0) is 15.6. The molecule has 0 aliphatic heterocycles. The van der Waals surface area contributed by atoms with Crippen LogP contribution in [0.15, 0.2) is 28.6 Å². The van der Waals surface area contributed by atoms with Crippen molar-refractivity contribution < 1.29 is 13.2 Å². The number of nitrogens with zero attached hydrogens (tertiary/aromatic N) is 1. The molecule has 0 aromatic carbocycles. The number of rotatable bonds is 5. The van der Waals surface area contributed by atoms with E-state index in [-0.39, 0.29) is 14.8 Å². The normalized spacial score (nSPS) is 11.3. The summed E-state index contributed by atoms with van der Waals surface area (Å²) < 4.78 is 22.4. The number of aromatic nitrogens is 1. The number of primary amides is 1. The first-order valence-electron chi connectivity index (χ1n) is 5.58. The molecule has 0 fully saturated rings. The number of carbonyl (C=O) groups excluding carboxylic acids is 1. The van der Waals surface area contributed by atoms with Gasteiger partial charge in [-0.1, -0.05) is 11.6 Å². The fourth-order valence-corrected chi connectivity index (χ4v) is 3.43. The Balaban J connectivity index is 2.10. The average molecular weight is 347 g/mol. The molecule has 7 nitrogen and oxygen atoms in total. The highest BCUT2D eigenvalue weighted by molar-refractivity contribution is 7.91. The van der Waals surface area contributed by atoms with E-state index in [1.807, 2.05) is 0 Å². The second-order valence-corrected chi connectivity index (χ2v) is 7.40. The van der Waals surface area contributed by atoms with E-state index in [9.17, 15) is 13.2 Å². The van der Waals surface area contributed by atoms with Crippen LogP contribution in [0.25, 0.3) is 0 Å². The number of amides is 1. The van der Waals surface area contributed by atoms with Crippen molar-refractivity contribution in [3.63, 3.8) is 0 Å². The van der Waals surface area contributed by atoms with Crippen molar-refractivity contribution in [2.75, 3.05) is 5.32 Å². The summed E-state index contributed by atoms with van der Waals surface area (Å²) in [6.45, 7) is 0.322. The predicted octanol–water partition coefficient (Wildman–Crippen LogP) is 1.15. The monoisotopic (exact) mass is 346 g/mol. The number of halogens is 1. The van der Waals surface area contributed by atoms with Gasteiger partial charge in [-0.2, -0.15) is 0 Å². The molecule has 0 aliphatic carbocycles. The number of sulfonamides is 1. The molecule has 0 bridgehead atoms. The quantitative estimate of drug-likeness (QED) is 0.748. The van der Waals surface area contributed by atoms with Gasteiger partial charge in [0.25, 0.3) is 0 Å². The van der Waals surface area contributed by atoms with E-state index < -0.39 is 15.9 Å². The third-order valence-electron chi connectivity index (χ3n) is 2.47. The number of nitrogens with two attached hydrogens (primary N) is 2. The number of carbonyl (C=O) groups is 1. The summed E-state index contributed by atoms with van der Waals surface area (Å²) >= 11 is 7.02. The lowest BCUT2D eigenvalue weighted by atomic mass is 10.2. The zero-order valence-corrected chi connectivity index (χ0v) is 12.9. The molecule has 1 amide bonds. The molecule has 112 valence electrons. The van der Waals surface area contributed by atoms with Gasteiger partial charge in [0.15, 0.2) is 0 Å². The Hall–Kier alpha value is -1.68. The van der Waals surface area contributed by atoms with E-state index in [4.69, 9.17) is 22.5 Å². The first-order valence-corrected chi connectivity index (χ1v) is 8.32. The molecule has 0 aliphatic rings. The van der Waals surface area contributed by atoms with E-state index in [0.717, 1.165) is 16.2 Å². The van der Waals surface area contributed by atoms with Crippen molar-refractivity contribution in [2.45, 2.75) is 10.8 Å². The van der Waals surface area contributed by atoms with Crippen LogP contribution >= 0.6 is 22.9 Å². The lowest BCUT2D eigenvalue weighted by Gasteiger charge is -2.06. The first-order chi connectivity index (χ1) is 9.77. The summed E-state index contributed by atoms with van der Waals surface area (Å²) in [5.41, 5.74) is 5.32. The summed E-state index contributed by atoms with van der Waals surface area (Å²) in [6.07, 6.45) is 1.31. The lowest BCUT2D eigenvalue weighted by molar-refractivity contribution is 0.1000. The molecule has 2 heterocycles. The number of hydrogen-bond donors (Lipinski definition) is 3. The molecule has 0 spiro atoms. The van der Waals surface area contributed by atoms with Gasteiger partial charge in [-0.25, -0.2) is 18.5 Å². The minimum absolute atomic E-state index is 0.0856. The van der Waals surface area contributed by atoms with Crippen LogP contribution in [0.1, 0.15) is 15.2 Å². The standard InChI is InChI=1S/C11H11ClN4O3S2/c12-8-3-6(10(13)17)4-15-11(8)16-5-7-1-2-9(20-7)21(14,18)19/h1-4H,5H2,(H2,13,17)(H,15,16)(H2,14,18,19). The lowest BCUT2D eigenvalue weighted by Crippen LogP contribution is -2.12. The van der Waals surface area contributed by atoms with Gasteiger partial charge >= 0.3 is 0 Å². The number of nitrogens with one attached hydrogen (secondary N) is 1. The van der Waals surface area contributed by atoms with Crippen LogP contribution < -0.4 is 16.2 Å². The van der Waals surface area contributed by atoms with Crippen LogP contribution in [0.5, 0.6) is 0 Å². The highest BCUT2D eigenvalue weighted by atomic mass is 35.5. The number of pyridine rings is 1. The van der Waals surface area contributed by atoms with E-state index in [0.29, 0.717) is 12.4 Å². The molecule has 0 atom stereocenters. The highest BCUT2D eigenvalue weighted by Gasteiger charge is 2.12. The SMILES string of the molecule is NC(=O)c1cnc(NCc2ccc(S(N)(=O)=O)s2)c(Cl)c1. The van der Waals surface area contributed by atoms with Crippen LogP contribution in [0, 0.1) is 0 Å². The Bertz CT molecular complexity index is 789. The number of primary sulfonamides is 1. The van der Waals surface area contributed by atoms with Gasteiger partial charge in [-0.3, -0.25) is 4.79 Å². The molecule has 5 N–H and O–H groups in total. The molecule has 2 aromatic rings. The summed E-state index contributed by atoms with van der Waals surface area (Å²) in [4.78, 5) is 15.7. The fraction of sp³-hybridized carbons (Fsp3) is 0.0909. The molecule has 21 heavy (non-hydrogen) atoms. The van der Waals surface area contributed by atoms with Crippen molar-refractivity contribution in [1.82, 2.24) is 4.98 Å². The van der Waals surface area contributed by atoms with Crippen LogP contribution in [0.2, 0.25) is 5.02 Å². The van der Waals surface area contributed by atoms with Crippen LogP contribution in [-0.4, -0.2) is 19.3 Å². The number of hydrogen-bond acceptors (Lipinski definition) is 6. The molecule has 0 radical (unpaired) electrons. The molecular weight excluding hydrogens is 336 g/mol. The molecular formula is C11H11ClN4O3S2. The second kappa shape index (κ2) is 5.98. The Kier molecular flexibility index (Phi) is 4.47. The van der Waals surface area contributed by atoms with Gasteiger partial charge in [0, 0.05) is 11.1 Å². The summed E-state index contributed by atoms with van der Waals surface area (Å²) in [5.74, 6) is -0.251. The Morgan fingerprint density at radius 2 is 2.14 bits per heavy atom. The fourth-order valence-electron chi connectivity index (χ4n) is 1.48. The van der Waals surface area contributed by atoms with Crippen LogP contribution in [0.3, 0.4) is 0 Å². The van der Waals surface area contributed by atoms with E-state index >= 15 is 0 Å². The third kappa shape index (κ3) is 3.91. The molecule has 0 saturated carbocycles. The van der Waals surface area contributed by atoms with Gasteiger partial charge in [0.2, 0.25) is 15.9 Å². The first kappa shape index (κ1) is 15.7. The molecule has 0 saturated heterocycles. The van der Waals surface area contributed by atoms with E-state index in [1.165, 1.54) is 18.3 Å². The van der Waals surface area contributed by atoms with Crippen molar-refractivity contribution in [1.29, 1.82) is 0 Å². The van der Waals surface area contributed by atoms with Crippen LogP contribution in [0.4, 0.5) is 5.82 Å². The smallest absolute Gasteiger partial charge is 0.250 e. The van der Waals surface area contributed by atoms with Crippen molar-refractivity contribution in [3.05, 3.63) is 39.9 Å². The van der Waals surface area contributed by atoms with Gasteiger partial charge < -0.3 is 11.1 Å². The molecule has 10 heteroatoms. The van der Waals surface area contributed by atoms with Crippen molar-refractivity contribution in [3.8, 4) is 0 Å². The highest BCUT2D eigenvalue weighted by Crippen LogP contribution is 2.24. The Morgan fingerprint density at radius 3 is 2.67 bits per heavy atom. The summed E-state index contributed by atoms with van der Waals surface area (Å²) in [5, 5.41) is 8.22.